The Morgan fingerprint density at radius 1 is 1.18 bits per heavy atom. The maximum atomic E-state index is 12.8. The van der Waals surface area contributed by atoms with Crippen molar-refractivity contribution in [1.82, 2.24) is 4.72 Å². The van der Waals surface area contributed by atoms with E-state index in [4.69, 9.17) is 0 Å². The van der Waals surface area contributed by atoms with Crippen LogP contribution < -0.4 is 4.72 Å². The van der Waals surface area contributed by atoms with Crippen LogP contribution in [0.15, 0.2) is 0 Å². The monoisotopic (exact) mass is 339 g/mol. The summed E-state index contributed by atoms with van der Waals surface area (Å²) in [6, 6.07) is -1.16. The third-order valence-corrected chi connectivity index (χ3v) is 6.10. The highest BCUT2D eigenvalue weighted by Crippen LogP contribution is 2.42. The van der Waals surface area contributed by atoms with Crippen LogP contribution in [0.1, 0.15) is 51.4 Å². The Morgan fingerprint density at radius 3 is 2.27 bits per heavy atom. The molecular formula is C14H23F2NO4S. The molecule has 0 aromatic heterocycles. The zero-order valence-corrected chi connectivity index (χ0v) is 13.2. The van der Waals surface area contributed by atoms with Crippen LogP contribution in [0.25, 0.3) is 0 Å². The highest BCUT2D eigenvalue weighted by molar-refractivity contribution is 7.89. The van der Waals surface area contributed by atoms with E-state index in [0.717, 1.165) is 32.1 Å². The topological polar surface area (TPSA) is 83.5 Å². The van der Waals surface area contributed by atoms with E-state index >= 15 is 0 Å². The van der Waals surface area contributed by atoms with E-state index in [-0.39, 0.29) is 12.3 Å². The second-order valence-electron chi connectivity index (χ2n) is 6.66. The smallest absolute Gasteiger partial charge is 0.321 e. The predicted molar refractivity (Wildman–Crippen MR) is 77.2 cm³/mol. The minimum absolute atomic E-state index is 0.214. The molecular weight excluding hydrogens is 316 g/mol. The van der Waals surface area contributed by atoms with Crippen molar-refractivity contribution in [2.24, 2.45) is 11.8 Å². The van der Waals surface area contributed by atoms with Crippen molar-refractivity contribution < 1.29 is 27.1 Å². The first-order valence-corrected chi connectivity index (χ1v) is 9.43. The van der Waals surface area contributed by atoms with Gasteiger partial charge >= 0.3 is 5.97 Å². The Bertz CT molecular complexity index is 495. The van der Waals surface area contributed by atoms with Gasteiger partial charge in [-0.1, -0.05) is 32.1 Å². The van der Waals surface area contributed by atoms with E-state index in [1.165, 1.54) is 0 Å². The van der Waals surface area contributed by atoms with E-state index in [0.29, 0.717) is 0 Å². The van der Waals surface area contributed by atoms with Gasteiger partial charge in [0.1, 0.15) is 6.04 Å². The van der Waals surface area contributed by atoms with Gasteiger partial charge in [-0.05, 0) is 18.3 Å². The summed E-state index contributed by atoms with van der Waals surface area (Å²) in [5, 5.41) is 9.21. The summed E-state index contributed by atoms with van der Waals surface area (Å²) in [7, 11) is -3.85. The molecule has 0 heterocycles. The number of rotatable bonds is 7. The standard InChI is InChI=1S/C14H23F2NO4S/c15-14(16)7-11(8-14)9-22(20,21)17-12(13(18)19)6-10-4-2-1-3-5-10/h10-12,17H,1-9H2,(H,18,19)/t12-/m1/s1. The van der Waals surface area contributed by atoms with Crippen LogP contribution in [0.4, 0.5) is 8.78 Å². The van der Waals surface area contributed by atoms with Crippen LogP contribution in [-0.2, 0) is 14.8 Å². The zero-order valence-electron chi connectivity index (χ0n) is 12.4. The summed E-state index contributed by atoms with van der Waals surface area (Å²) in [5.74, 6) is -4.76. The van der Waals surface area contributed by atoms with Gasteiger partial charge in [0.25, 0.3) is 0 Å². The molecule has 2 aliphatic carbocycles. The molecule has 0 aromatic rings. The number of nitrogens with one attached hydrogen (secondary N) is 1. The van der Waals surface area contributed by atoms with Crippen molar-refractivity contribution in [3.63, 3.8) is 0 Å². The number of alkyl halides is 2. The summed E-state index contributed by atoms with van der Waals surface area (Å²) in [4.78, 5) is 11.3. The lowest BCUT2D eigenvalue weighted by molar-refractivity contribution is -0.139. The average Bonchev–Trinajstić information content (AvgIpc) is 2.36. The molecule has 22 heavy (non-hydrogen) atoms. The van der Waals surface area contributed by atoms with Crippen molar-refractivity contribution in [2.75, 3.05) is 5.75 Å². The molecule has 0 saturated heterocycles. The van der Waals surface area contributed by atoms with Gasteiger partial charge in [-0.3, -0.25) is 4.79 Å². The molecule has 2 aliphatic rings. The van der Waals surface area contributed by atoms with E-state index in [2.05, 4.69) is 4.72 Å². The first kappa shape index (κ1) is 17.6. The summed E-state index contributed by atoms with van der Waals surface area (Å²) in [6.07, 6.45) is 4.45. The molecule has 8 heteroatoms. The molecule has 2 saturated carbocycles. The first-order valence-electron chi connectivity index (χ1n) is 7.77. The minimum Gasteiger partial charge on any atom is -0.480 e. The Labute approximate surface area is 129 Å². The lowest BCUT2D eigenvalue weighted by Crippen LogP contribution is -2.47. The highest BCUT2D eigenvalue weighted by Gasteiger charge is 2.47. The fourth-order valence-electron chi connectivity index (χ4n) is 3.43. The molecule has 0 aromatic carbocycles. The normalized spacial score (nSPS) is 24.6. The maximum absolute atomic E-state index is 12.8. The minimum atomic E-state index is -3.85. The van der Waals surface area contributed by atoms with Crippen molar-refractivity contribution in [1.29, 1.82) is 0 Å². The van der Waals surface area contributed by atoms with Crippen molar-refractivity contribution in [3.8, 4) is 0 Å². The summed E-state index contributed by atoms with van der Waals surface area (Å²) >= 11 is 0. The van der Waals surface area contributed by atoms with Gasteiger partial charge in [-0.2, -0.15) is 0 Å². The van der Waals surface area contributed by atoms with Gasteiger partial charge in [0.05, 0.1) is 5.75 Å². The quantitative estimate of drug-likeness (QED) is 0.746. The lowest BCUT2D eigenvalue weighted by Gasteiger charge is -2.34. The van der Waals surface area contributed by atoms with Crippen LogP contribution in [0, 0.1) is 11.8 Å². The van der Waals surface area contributed by atoms with Gasteiger partial charge in [0.15, 0.2) is 0 Å². The molecule has 0 amide bonds. The third kappa shape index (κ3) is 5.15. The van der Waals surface area contributed by atoms with Gasteiger partial charge in [-0.25, -0.2) is 21.9 Å². The van der Waals surface area contributed by atoms with E-state index in [1.807, 2.05) is 0 Å². The van der Waals surface area contributed by atoms with Crippen molar-refractivity contribution >= 4 is 16.0 Å². The summed E-state index contributed by atoms with van der Waals surface area (Å²) < 4.78 is 51.7. The molecule has 5 nitrogen and oxygen atoms in total. The van der Waals surface area contributed by atoms with Crippen LogP contribution in [0.3, 0.4) is 0 Å². The number of aliphatic carboxylic acids is 1. The summed E-state index contributed by atoms with van der Waals surface area (Å²) in [5.41, 5.74) is 0. The number of hydrogen-bond donors (Lipinski definition) is 2. The molecule has 0 aliphatic heterocycles. The van der Waals surface area contributed by atoms with E-state index in [9.17, 15) is 27.1 Å². The number of carbonyl (C=O) groups is 1. The van der Waals surface area contributed by atoms with Crippen LogP contribution in [-0.4, -0.2) is 37.2 Å². The SMILES string of the molecule is O=C(O)[C@@H](CC1CCCCC1)NS(=O)(=O)CC1CC(F)(F)C1. The lowest BCUT2D eigenvalue weighted by atomic mass is 9.83. The molecule has 0 bridgehead atoms. The second kappa shape index (κ2) is 6.78. The Morgan fingerprint density at radius 2 is 1.77 bits per heavy atom. The summed E-state index contributed by atoms with van der Waals surface area (Å²) in [6.45, 7) is 0. The third-order valence-electron chi connectivity index (χ3n) is 4.54. The first-order chi connectivity index (χ1) is 10.2. The number of sulfonamides is 1. The number of halogens is 2. The molecule has 2 rings (SSSR count). The molecule has 1 atom stereocenters. The second-order valence-corrected chi connectivity index (χ2v) is 8.46. The molecule has 0 spiro atoms. The average molecular weight is 339 g/mol. The van der Waals surface area contributed by atoms with E-state index < -0.39 is 52.5 Å². The Hall–Kier alpha value is -0.760. The van der Waals surface area contributed by atoms with Crippen LogP contribution >= 0.6 is 0 Å². The number of carboxylic acid groups (broad SMARTS) is 1. The Kier molecular flexibility index (Phi) is 5.42. The van der Waals surface area contributed by atoms with Crippen molar-refractivity contribution in [3.05, 3.63) is 0 Å². The van der Waals surface area contributed by atoms with Gasteiger partial charge in [-0.15, -0.1) is 0 Å². The molecule has 2 N–H and O–H groups in total. The molecule has 128 valence electrons. The maximum Gasteiger partial charge on any atom is 0.321 e. The fraction of sp³-hybridized carbons (Fsp3) is 0.929. The molecule has 0 unspecified atom stereocenters. The number of carboxylic acids is 1. The molecule has 0 radical (unpaired) electrons. The fourth-order valence-corrected chi connectivity index (χ4v) is 5.02. The van der Waals surface area contributed by atoms with Crippen LogP contribution in [0.2, 0.25) is 0 Å². The zero-order chi connectivity index (χ0) is 16.4. The number of hydrogen-bond acceptors (Lipinski definition) is 3. The van der Waals surface area contributed by atoms with Gasteiger partial charge in [0, 0.05) is 12.8 Å². The largest absolute Gasteiger partial charge is 0.480 e. The highest BCUT2D eigenvalue weighted by atomic mass is 32.2. The van der Waals surface area contributed by atoms with E-state index in [1.54, 1.807) is 0 Å². The predicted octanol–water partition coefficient (Wildman–Crippen LogP) is 2.37. The van der Waals surface area contributed by atoms with Crippen LogP contribution in [0.5, 0.6) is 0 Å². The van der Waals surface area contributed by atoms with Gasteiger partial charge in [0.2, 0.25) is 15.9 Å². The van der Waals surface area contributed by atoms with Crippen molar-refractivity contribution in [2.45, 2.75) is 63.3 Å². The Balaban J connectivity index is 1.87. The van der Waals surface area contributed by atoms with Gasteiger partial charge < -0.3 is 5.11 Å². The molecule has 2 fully saturated rings.